The highest BCUT2D eigenvalue weighted by atomic mass is 32.1. The number of fused-ring (bicyclic) bond motifs is 1. The van der Waals surface area contributed by atoms with Crippen molar-refractivity contribution < 1.29 is 9.53 Å². The number of hydrogen-bond acceptors (Lipinski definition) is 5. The van der Waals surface area contributed by atoms with Gasteiger partial charge in [0.2, 0.25) is 5.88 Å². The molecule has 1 aliphatic carbocycles. The van der Waals surface area contributed by atoms with Crippen molar-refractivity contribution in [2.45, 2.75) is 25.7 Å². The maximum Gasteiger partial charge on any atom is 0.221 e. The normalized spacial score (nSPS) is 20.7. The molecule has 1 aromatic heterocycles. The van der Waals surface area contributed by atoms with Gasteiger partial charge in [0, 0.05) is 17.4 Å². The van der Waals surface area contributed by atoms with Crippen LogP contribution in [0.1, 0.15) is 31.2 Å². The largest absolute Gasteiger partial charge is 0.481 e. The molecule has 0 radical (unpaired) electrons. The van der Waals surface area contributed by atoms with Crippen molar-refractivity contribution in [2.24, 2.45) is 11.7 Å². The van der Waals surface area contributed by atoms with E-state index in [0.29, 0.717) is 31.7 Å². The van der Waals surface area contributed by atoms with E-state index < -0.39 is 0 Å². The number of hydrogen-bond donors (Lipinski definition) is 1. The second-order valence-electron chi connectivity index (χ2n) is 6.32. The minimum atomic E-state index is 0.0961. The molecule has 4 nitrogen and oxygen atoms in total. The fourth-order valence-electron chi connectivity index (χ4n) is 3.29. The number of nitrogens with zero attached hydrogens (tertiary/aromatic N) is 1. The van der Waals surface area contributed by atoms with Crippen molar-refractivity contribution >= 4 is 39.3 Å². The van der Waals surface area contributed by atoms with E-state index in [2.05, 4.69) is 4.98 Å². The molecule has 0 fully saturated rings. The fourth-order valence-corrected chi connectivity index (χ4v) is 3.59. The summed E-state index contributed by atoms with van der Waals surface area (Å²) in [6.07, 6.45) is 4.37. The number of aromatic nitrogens is 1. The van der Waals surface area contributed by atoms with E-state index in [1.807, 2.05) is 30.3 Å². The molecule has 0 aliphatic heterocycles. The highest BCUT2D eigenvalue weighted by Crippen LogP contribution is 2.35. The van der Waals surface area contributed by atoms with Crippen LogP contribution in [0, 0.1) is 5.92 Å². The van der Waals surface area contributed by atoms with Gasteiger partial charge in [0.15, 0.2) is 5.78 Å². The predicted molar refractivity (Wildman–Crippen MR) is 105 cm³/mol. The van der Waals surface area contributed by atoms with E-state index in [0.717, 1.165) is 33.3 Å². The minimum absolute atomic E-state index is 0.0961. The van der Waals surface area contributed by atoms with Gasteiger partial charge in [0.25, 0.3) is 0 Å². The Labute approximate surface area is 153 Å². The van der Waals surface area contributed by atoms with Gasteiger partial charge in [0.1, 0.15) is 0 Å². The Morgan fingerprint density at radius 3 is 2.88 bits per heavy atom. The molecule has 1 atom stereocenters. The number of pyridine rings is 1. The number of para-hydroxylation sites is 1. The number of nitrogens with two attached hydrogens (primary N) is 1. The quantitative estimate of drug-likeness (QED) is 0.848. The Balaban J connectivity index is 2.10. The van der Waals surface area contributed by atoms with Gasteiger partial charge in [-0.05, 0) is 60.4 Å². The smallest absolute Gasteiger partial charge is 0.221 e. The van der Waals surface area contributed by atoms with Crippen molar-refractivity contribution in [3.05, 3.63) is 42.0 Å². The summed E-state index contributed by atoms with van der Waals surface area (Å²) in [5.41, 5.74) is 8.43. The van der Waals surface area contributed by atoms with Crippen LogP contribution in [0.3, 0.4) is 0 Å². The lowest BCUT2D eigenvalue weighted by Crippen LogP contribution is -2.20. The number of ether oxygens (including phenoxy) is 1. The Morgan fingerprint density at radius 2 is 2.12 bits per heavy atom. The summed E-state index contributed by atoms with van der Waals surface area (Å²) in [4.78, 5) is 17.8. The highest BCUT2D eigenvalue weighted by molar-refractivity contribution is 7.80. The fraction of sp³-hybridized carbons (Fsp3) is 0.350. The van der Waals surface area contributed by atoms with Crippen molar-refractivity contribution in [1.29, 1.82) is 0 Å². The van der Waals surface area contributed by atoms with Crippen molar-refractivity contribution in [1.82, 2.24) is 4.98 Å². The number of thiocarbonyl (C=S) groups is 1. The number of methoxy groups -OCH3 is 1. The van der Waals surface area contributed by atoms with Crippen LogP contribution in [0.25, 0.3) is 16.5 Å². The van der Waals surface area contributed by atoms with Crippen molar-refractivity contribution in [3.8, 4) is 5.88 Å². The second kappa shape index (κ2) is 7.85. The average Bonchev–Trinajstić information content (AvgIpc) is 2.62. The van der Waals surface area contributed by atoms with Gasteiger partial charge in [0.05, 0.1) is 12.6 Å². The lowest BCUT2D eigenvalue weighted by Gasteiger charge is -2.22. The molecule has 1 aromatic carbocycles. The van der Waals surface area contributed by atoms with Gasteiger partial charge >= 0.3 is 0 Å². The molecule has 0 saturated heterocycles. The first-order valence-corrected chi connectivity index (χ1v) is 8.93. The number of benzene rings is 1. The van der Waals surface area contributed by atoms with Crippen LogP contribution in [0.5, 0.6) is 5.88 Å². The molecule has 0 saturated carbocycles. The van der Waals surface area contributed by atoms with Crippen LogP contribution in [-0.4, -0.2) is 29.3 Å². The topological polar surface area (TPSA) is 65.2 Å². The molecule has 130 valence electrons. The molecule has 0 spiro atoms. The van der Waals surface area contributed by atoms with Crippen molar-refractivity contribution in [2.75, 3.05) is 13.7 Å². The van der Waals surface area contributed by atoms with Gasteiger partial charge in [-0.3, -0.25) is 4.79 Å². The SMILES string of the molecule is COc1nc2ccccc2cc1/C1=C/C(=O)CCC(=S)C(CCN)C1. The molecular weight excluding hydrogens is 332 g/mol. The van der Waals surface area contributed by atoms with Crippen LogP contribution in [-0.2, 0) is 4.79 Å². The lowest BCUT2D eigenvalue weighted by molar-refractivity contribution is -0.114. The molecule has 1 aliphatic rings. The van der Waals surface area contributed by atoms with Crippen LogP contribution in [0.4, 0.5) is 0 Å². The highest BCUT2D eigenvalue weighted by Gasteiger charge is 2.23. The number of ketones is 1. The van der Waals surface area contributed by atoms with E-state index in [1.54, 1.807) is 13.2 Å². The van der Waals surface area contributed by atoms with Gasteiger partial charge in [-0.1, -0.05) is 30.4 Å². The summed E-state index contributed by atoms with van der Waals surface area (Å²) in [7, 11) is 1.61. The van der Waals surface area contributed by atoms with Crippen LogP contribution in [0.15, 0.2) is 36.4 Å². The zero-order valence-electron chi connectivity index (χ0n) is 14.3. The Hall–Kier alpha value is -2.11. The van der Waals surface area contributed by atoms with Crippen molar-refractivity contribution in [3.63, 3.8) is 0 Å². The Morgan fingerprint density at radius 1 is 1.32 bits per heavy atom. The molecule has 0 bridgehead atoms. The molecule has 25 heavy (non-hydrogen) atoms. The molecule has 3 rings (SSSR count). The maximum atomic E-state index is 12.3. The van der Waals surface area contributed by atoms with Crippen LogP contribution >= 0.6 is 12.2 Å². The van der Waals surface area contributed by atoms with Gasteiger partial charge in [-0.15, -0.1) is 0 Å². The van der Waals surface area contributed by atoms with Crippen LogP contribution < -0.4 is 10.5 Å². The number of allylic oxidation sites excluding steroid dienone is 2. The van der Waals surface area contributed by atoms with Crippen LogP contribution in [0.2, 0.25) is 0 Å². The molecular formula is C20H22N2O2S. The first-order valence-electron chi connectivity index (χ1n) is 8.52. The van der Waals surface area contributed by atoms with E-state index in [1.165, 1.54) is 0 Å². The van der Waals surface area contributed by atoms with E-state index in [9.17, 15) is 4.79 Å². The van der Waals surface area contributed by atoms with E-state index in [4.69, 9.17) is 22.7 Å². The summed E-state index contributed by atoms with van der Waals surface area (Å²) in [5.74, 6) is 0.838. The van der Waals surface area contributed by atoms with Gasteiger partial charge < -0.3 is 10.5 Å². The third-order valence-electron chi connectivity index (χ3n) is 4.62. The average molecular weight is 354 g/mol. The Bertz CT molecular complexity index is 845. The van der Waals surface area contributed by atoms with Gasteiger partial charge in [-0.25, -0.2) is 4.98 Å². The number of carbonyl (C=O) groups excluding carboxylic acids is 1. The zero-order chi connectivity index (χ0) is 17.8. The Kier molecular flexibility index (Phi) is 5.56. The molecule has 0 amide bonds. The zero-order valence-corrected chi connectivity index (χ0v) is 15.1. The third kappa shape index (κ3) is 3.94. The van der Waals surface area contributed by atoms with E-state index in [-0.39, 0.29) is 11.7 Å². The lowest BCUT2D eigenvalue weighted by atomic mass is 9.85. The van der Waals surface area contributed by atoms with Gasteiger partial charge in [-0.2, -0.15) is 0 Å². The molecule has 2 aromatic rings. The maximum absolute atomic E-state index is 12.3. The standard InChI is InChI=1S/C20H22N2O2S/c1-24-20-17(12-13-4-2-3-5-18(13)22-20)15-10-14(8-9-21)19(25)7-6-16(23)11-15/h2-5,11-12,14H,6-10,21H2,1H3/b15-11+. The molecule has 2 N–H and O–H groups in total. The summed E-state index contributed by atoms with van der Waals surface area (Å²) in [5, 5.41) is 1.02. The summed E-state index contributed by atoms with van der Waals surface area (Å²) in [6.45, 7) is 0.582. The first-order chi connectivity index (χ1) is 12.1. The molecule has 5 heteroatoms. The third-order valence-corrected chi connectivity index (χ3v) is 5.16. The molecule has 1 unspecified atom stereocenters. The predicted octanol–water partition coefficient (Wildman–Crippen LogP) is 3.71. The number of rotatable bonds is 4. The summed E-state index contributed by atoms with van der Waals surface area (Å²) < 4.78 is 5.52. The number of carbonyl (C=O) groups is 1. The van der Waals surface area contributed by atoms with E-state index >= 15 is 0 Å². The monoisotopic (exact) mass is 354 g/mol. The summed E-state index contributed by atoms with van der Waals surface area (Å²) >= 11 is 5.55. The molecule has 1 heterocycles. The first kappa shape index (κ1) is 17.7. The minimum Gasteiger partial charge on any atom is -0.481 e. The summed E-state index contributed by atoms with van der Waals surface area (Å²) in [6, 6.07) is 9.93. The second-order valence-corrected chi connectivity index (χ2v) is 6.84.